The van der Waals surface area contributed by atoms with Crippen LogP contribution in [0, 0.1) is 20.8 Å². The molecule has 4 rings (SSSR count). The average molecular weight is 439 g/mol. The normalized spacial score (nSPS) is 14.8. The molecule has 2 aromatic heterocycles. The number of hydrogen-bond acceptors (Lipinski definition) is 6. The Kier molecular flexibility index (Phi) is 6.34. The summed E-state index contributed by atoms with van der Waals surface area (Å²) in [5.41, 5.74) is 4.25. The van der Waals surface area contributed by atoms with E-state index in [9.17, 15) is 4.79 Å². The number of ketones is 1. The summed E-state index contributed by atoms with van der Waals surface area (Å²) >= 11 is 6.33. The lowest BCUT2D eigenvalue weighted by Crippen LogP contribution is -2.47. The standard InChI is InChI=1S/C23H27ClN6O/c1-16-14-17(2)27-23(26-16)30-18(3)19(15-25-30)22(31)8-9-28-10-12-29(13-11-28)21-7-5-4-6-20(21)24/h4-7,14-15H,8-13H2,1-3H3. The zero-order valence-corrected chi connectivity index (χ0v) is 18.9. The minimum atomic E-state index is 0.0988. The maximum atomic E-state index is 12.9. The molecule has 0 bridgehead atoms. The summed E-state index contributed by atoms with van der Waals surface area (Å²) in [6.07, 6.45) is 2.10. The largest absolute Gasteiger partial charge is 0.368 e. The first-order valence-corrected chi connectivity index (χ1v) is 10.9. The van der Waals surface area contributed by atoms with Gasteiger partial charge < -0.3 is 4.90 Å². The van der Waals surface area contributed by atoms with E-state index >= 15 is 0 Å². The molecule has 0 aliphatic carbocycles. The maximum absolute atomic E-state index is 12.9. The van der Waals surface area contributed by atoms with Crippen molar-refractivity contribution in [3.63, 3.8) is 0 Å². The summed E-state index contributed by atoms with van der Waals surface area (Å²) in [4.78, 5) is 26.4. The molecular formula is C23H27ClN6O. The number of anilines is 1. The van der Waals surface area contributed by atoms with Gasteiger partial charge in [-0.3, -0.25) is 9.69 Å². The molecule has 3 aromatic rings. The lowest BCUT2D eigenvalue weighted by atomic mass is 10.1. The fraction of sp³-hybridized carbons (Fsp3) is 0.391. The summed E-state index contributed by atoms with van der Waals surface area (Å²) < 4.78 is 1.65. The molecule has 8 heteroatoms. The third-order valence-corrected chi connectivity index (χ3v) is 6.01. The first-order chi connectivity index (χ1) is 14.9. The van der Waals surface area contributed by atoms with E-state index in [0.717, 1.165) is 60.5 Å². The van der Waals surface area contributed by atoms with Crippen LogP contribution >= 0.6 is 11.6 Å². The van der Waals surface area contributed by atoms with Crippen LogP contribution in [0.25, 0.3) is 5.95 Å². The molecule has 1 aliphatic rings. The summed E-state index contributed by atoms with van der Waals surface area (Å²) in [5, 5.41) is 5.16. The van der Waals surface area contributed by atoms with Crippen molar-refractivity contribution in [3.05, 3.63) is 64.2 Å². The number of Topliss-reactive ketones (excluding diaryl/α,β-unsaturated/α-hetero) is 1. The lowest BCUT2D eigenvalue weighted by molar-refractivity contribution is 0.0962. The molecule has 1 aliphatic heterocycles. The van der Waals surface area contributed by atoms with Crippen LogP contribution < -0.4 is 4.90 Å². The van der Waals surface area contributed by atoms with Gasteiger partial charge in [-0.05, 0) is 39.0 Å². The Morgan fingerprint density at radius 1 is 1.03 bits per heavy atom. The second kappa shape index (κ2) is 9.16. The fourth-order valence-corrected chi connectivity index (χ4v) is 4.26. The van der Waals surface area contributed by atoms with Gasteiger partial charge in [-0.25, -0.2) is 14.6 Å². The Balaban J connectivity index is 1.35. The Labute approximate surface area is 187 Å². The molecule has 0 spiro atoms. The van der Waals surface area contributed by atoms with Crippen molar-refractivity contribution in [3.8, 4) is 5.95 Å². The number of aryl methyl sites for hydroxylation is 2. The quantitative estimate of drug-likeness (QED) is 0.547. The summed E-state index contributed by atoms with van der Waals surface area (Å²) in [7, 11) is 0. The summed E-state index contributed by atoms with van der Waals surface area (Å²) in [6, 6.07) is 9.86. The van der Waals surface area contributed by atoms with Crippen LogP contribution in [0.5, 0.6) is 0 Å². The minimum Gasteiger partial charge on any atom is -0.368 e. The van der Waals surface area contributed by atoms with Crippen LogP contribution in [0.4, 0.5) is 5.69 Å². The Hall–Kier alpha value is -2.77. The molecule has 0 unspecified atom stereocenters. The molecule has 0 N–H and O–H groups in total. The van der Waals surface area contributed by atoms with Gasteiger partial charge in [-0.1, -0.05) is 23.7 Å². The number of carbonyl (C=O) groups is 1. The van der Waals surface area contributed by atoms with Gasteiger partial charge in [-0.15, -0.1) is 0 Å². The highest BCUT2D eigenvalue weighted by Crippen LogP contribution is 2.26. The van der Waals surface area contributed by atoms with Gasteiger partial charge in [0.15, 0.2) is 5.78 Å². The molecule has 1 aromatic carbocycles. The van der Waals surface area contributed by atoms with Crippen LogP contribution in [0.3, 0.4) is 0 Å². The highest BCUT2D eigenvalue weighted by atomic mass is 35.5. The van der Waals surface area contributed by atoms with Gasteiger partial charge in [0.05, 0.1) is 28.2 Å². The Morgan fingerprint density at radius 3 is 2.39 bits per heavy atom. The van der Waals surface area contributed by atoms with E-state index in [1.54, 1.807) is 10.9 Å². The Morgan fingerprint density at radius 2 is 1.71 bits per heavy atom. The summed E-state index contributed by atoms with van der Waals surface area (Å²) in [6.45, 7) is 10.1. The van der Waals surface area contributed by atoms with E-state index < -0.39 is 0 Å². The average Bonchev–Trinajstić information content (AvgIpc) is 3.13. The minimum absolute atomic E-state index is 0.0988. The number of rotatable bonds is 6. The number of hydrogen-bond donors (Lipinski definition) is 0. The fourth-order valence-electron chi connectivity index (χ4n) is 4.00. The molecule has 1 saturated heterocycles. The zero-order chi connectivity index (χ0) is 22.0. The molecule has 7 nitrogen and oxygen atoms in total. The number of halogens is 1. The van der Waals surface area contributed by atoms with E-state index in [4.69, 9.17) is 11.6 Å². The van der Waals surface area contributed by atoms with Crippen molar-refractivity contribution < 1.29 is 4.79 Å². The molecule has 162 valence electrons. The molecule has 0 amide bonds. The number of piperazine rings is 1. The monoisotopic (exact) mass is 438 g/mol. The topological polar surface area (TPSA) is 67.2 Å². The molecule has 0 saturated carbocycles. The van der Waals surface area contributed by atoms with Crippen molar-refractivity contribution in [2.24, 2.45) is 0 Å². The number of aromatic nitrogens is 4. The van der Waals surface area contributed by atoms with Crippen molar-refractivity contribution in [2.75, 3.05) is 37.6 Å². The van der Waals surface area contributed by atoms with Crippen LogP contribution in [-0.2, 0) is 0 Å². The van der Waals surface area contributed by atoms with E-state index in [-0.39, 0.29) is 5.78 Å². The molecule has 0 radical (unpaired) electrons. The molecule has 31 heavy (non-hydrogen) atoms. The molecular weight excluding hydrogens is 412 g/mol. The molecule has 3 heterocycles. The van der Waals surface area contributed by atoms with Gasteiger partial charge in [-0.2, -0.15) is 5.10 Å². The number of carbonyl (C=O) groups excluding carboxylic acids is 1. The predicted molar refractivity (Wildman–Crippen MR) is 122 cm³/mol. The van der Waals surface area contributed by atoms with E-state index in [0.29, 0.717) is 17.9 Å². The highest BCUT2D eigenvalue weighted by molar-refractivity contribution is 6.33. The first kappa shape index (κ1) is 21.5. The molecule has 0 atom stereocenters. The van der Waals surface area contributed by atoms with Gasteiger partial charge in [0.1, 0.15) is 0 Å². The van der Waals surface area contributed by atoms with Crippen molar-refractivity contribution in [1.82, 2.24) is 24.6 Å². The van der Waals surface area contributed by atoms with Crippen molar-refractivity contribution in [1.29, 1.82) is 0 Å². The van der Waals surface area contributed by atoms with Crippen LogP contribution in [0.15, 0.2) is 36.5 Å². The first-order valence-electron chi connectivity index (χ1n) is 10.5. The maximum Gasteiger partial charge on any atom is 0.251 e. The number of nitrogens with zero attached hydrogens (tertiary/aromatic N) is 6. The molecule has 1 fully saturated rings. The van der Waals surface area contributed by atoms with Crippen LogP contribution in [-0.4, -0.2) is 63.2 Å². The summed E-state index contributed by atoms with van der Waals surface area (Å²) in [5.74, 6) is 0.603. The SMILES string of the molecule is Cc1cc(C)nc(-n2ncc(C(=O)CCN3CCN(c4ccccc4Cl)CC3)c2C)n1. The second-order valence-electron chi connectivity index (χ2n) is 7.96. The van der Waals surface area contributed by atoms with E-state index in [1.165, 1.54) is 0 Å². The van der Waals surface area contributed by atoms with Gasteiger partial charge >= 0.3 is 0 Å². The lowest BCUT2D eigenvalue weighted by Gasteiger charge is -2.36. The van der Waals surface area contributed by atoms with Crippen LogP contribution in [0.2, 0.25) is 5.02 Å². The smallest absolute Gasteiger partial charge is 0.251 e. The van der Waals surface area contributed by atoms with Gasteiger partial charge in [0, 0.05) is 50.5 Å². The predicted octanol–water partition coefficient (Wildman–Crippen LogP) is 3.64. The third kappa shape index (κ3) is 4.78. The van der Waals surface area contributed by atoms with Crippen molar-refractivity contribution in [2.45, 2.75) is 27.2 Å². The van der Waals surface area contributed by atoms with E-state index in [2.05, 4.69) is 30.9 Å². The van der Waals surface area contributed by atoms with E-state index in [1.807, 2.05) is 45.0 Å². The highest BCUT2D eigenvalue weighted by Gasteiger charge is 2.21. The number of para-hydroxylation sites is 1. The second-order valence-corrected chi connectivity index (χ2v) is 8.37. The van der Waals surface area contributed by atoms with Crippen molar-refractivity contribution >= 4 is 23.1 Å². The van der Waals surface area contributed by atoms with Gasteiger partial charge in [0.2, 0.25) is 0 Å². The Bertz CT molecular complexity index is 1070. The van der Waals surface area contributed by atoms with Gasteiger partial charge in [0.25, 0.3) is 5.95 Å². The zero-order valence-electron chi connectivity index (χ0n) is 18.2. The third-order valence-electron chi connectivity index (χ3n) is 5.69. The van der Waals surface area contributed by atoms with Crippen LogP contribution in [0.1, 0.15) is 33.9 Å². The number of benzene rings is 1.